The molecule has 3 heteroatoms. The summed E-state index contributed by atoms with van der Waals surface area (Å²) >= 11 is 0. The molecule has 0 aliphatic carbocycles. The molecule has 15 heavy (non-hydrogen) atoms. The highest BCUT2D eigenvalue weighted by Crippen LogP contribution is 2.01. The van der Waals surface area contributed by atoms with Gasteiger partial charge in [0.05, 0.1) is 0 Å². The van der Waals surface area contributed by atoms with Gasteiger partial charge in [0.2, 0.25) is 5.91 Å². The molecule has 0 aromatic rings. The summed E-state index contributed by atoms with van der Waals surface area (Å²) in [6.45, 7) is 9.41. The van der Waals surface area contributed by atoms with Gasteiger partial charge in [-0.1, -0.05) is 13.8 Å². The Kier molecular flexibility index (Phi) is 9.59. The van der Waals surface area contributed by atoms with Crippen LogP contribution in [0.5, 0.6) is 0 Å². The summed E-state index contributed by atoms with van der Waals surface area (Å²) in [4.78, 5) is 13.7. The molecule has 0 saturated carbocycles. The molecule has 0 heterocycles. The fraction of sp³-hybridized carbons (Fsp3) is 0.917. The maximum atomic E-state index is 11.8. The zero-order chi connectivity index (χ0) is 11.5. The van der Waals surface area contributed by atoms with Crippen molar-refractivity contribution in [3.63, 3.8) is 0 Å². The molecule has 0 unspecified atom stereocenters. The minimum absolute atomic E-state index is 0.276. The van der Waals surface area contributed by atoms with Crippen LogP contribution >= 0.6 is 0 Å². The van der Waals surface area contributed by atoms with Crippen molar-refractivity contribution >= 4 is 5.91 Å². The summed E-state index contributed by atoms with van der Waals surface area (Å²) in [6.07, 6.45) is 3.55. The Hall–Kier alpha value is -0.570. The molecule has 0 rings (SSSR count). The van der Waals surface area contributed by atoms with Gasteiger partial charge in [-0.25, -0.2) is 0 Å². The lowest BCUT2D eigenvalue weighted by Gasteiger charge is -2.21. The highest BCUT2D eigenvalue weighted by molar-refractivity contribution is 5.76. The van der Waals surface area contributed by atoms with Crippen LogP contribution < -0.4 is 0 Å². The SMILES string of the molecule is CCCN(CCC)C(=O)CCCOCC. The Bertz CT molecular complexity index is 154. The molecule has 0 atom stereocenters. The highest BCUT2D eigenvalue weighted by atomic mass is 16.5. The number of nitrogens with zero attached hydrogens (tertiary/aromatic N) is 1. The Labute approximate surface area is 93.8 Å². The monoisotopic (exact) mass is 215 g/mol. The van der Waals surface area contributed by atoms with Crippen molar-refractivity contribution in [3.05, 3.63) is 0 Å². The number of hydrogen-bond acceptors (Lipinski definition) is 2. The fourth-order valence-corrected chi connectivity index (χ4v) is 1.53. The summed E-state index contributed by atoms with van der Waals surface area (Å²) in [5.74, 6) is 0.276. The average molecular weight is 215 g/mol. The number of hydrogen-bond donors (Lipinski definition) is 0. The van der Waals surface area contributed by atoms with Gasteiger partial charge in [0.15, 0.2) is 0 Å². The van der Waals surface area contributed by atoms with Crippen LogP contribution in [0.4, 0.5) is 0 Å². The smallest absolute Gasteiger partial charge is 0.222 e. The molecule has 0 saturated heterocycles. The second kappa shape index (κ2) is 9.97. The Balaban J connectivity index is 3.70. The topological polar surface area (TPSA) is 29.5 Å². The molecule has 0 bridgehead atoms. The van der Waals surface area contributed by atoms with E-state index in [9.17, 15) is 4.79 Å². The largest absolute Gasteiger partial charge is 0.382 e. The van der Waals surface area contributed by atoms with Gasteiger partial charge in [0.25, 0.3) is 0 Å². The molecule has 3 nitrogen and oxygen atoms in total. The zero-order valence-electron chi connectivity index (χ0n) is 10.4. The number of carbonyl (C=O) groups is 1. The normalized spacial score (nSPS) is 10.3. The van der Waals surface area contributed by atoms with E-state index in [4.69, 9.17) is 4.74 Å². The van der Waals surface area contributed by atoms with Crippen molar-refractivity contribution < 1.29 is 9.53 Å². The molecule has 0 aliphatic rings. The van der Waals surface area contributed by atoms with E-state index in [1.807, 2.05) is 11.8 Å². The number of carbonyl (C=O) groups excluding carboxylic acids is 1. The van der Waals surface area contributed by atoms with Crippen LogP contribution in [0.2, 0.25) is 0 Å². The van der Waals surface area contributed by atoms with Crippen molar-refractivity contribution in [1.82, 2.24) is 4.90 Å². The van der Waals surface area contributed by atoms with Crippen LogP contribution in [0.25, 0.3) is 0 Å². The third-order valence-corrected chi connectivity index (χ3v) is 2.22. The van der Waals surface area contributed by atoms with Crippen LogP contribution in [0, 0.1) is 0 Å². The van der Waals surface area contributed by atoms with E-state index in [0.717, 1.165) is 39.0 Å². The summed E-state index contributed by atoms with van der Waals surface area (Å²) in [7, 11) is 0. The first-order valence-corrected chi connectivity index (χ1v) is 6.11. The molecule has 0 aromatic heterocycles. The standard InChI is InChI=1S/C12H25NO2/c1-4-9-13(10-5-2)12(14)8-7-11-15-6-3/h4-11H2,1-3H3. The molecule has 0 fully saturated rings. The van der Waals surface area contributed by atoms with Gasteiger partial charge in [-0.05, 0) is 26.2 Å². The predicted octanol–water partition coefficient (Wildman–Crippen LogP) is 2.45. The Morgan fingerprint density at radius 2 is 1.73 bits per heavy atom. The summed E-state index contributed by atoms with van der Waals surface area (Å²) in [5.41, 5.74) is 0. The van der Waals surface area contributed by atoms with Gasteiger partial charge >= 0.3 is 0 Å². The van der Waals surface area contributed by atoms with Crippen LogP contribution in [0.1, 0.15) is 46.5 Å². The highest BCUT2D eigenvalue weighted by Gasteiger charge is 2.10. The third kappa shape index (κ3) is 7.37. The summed E-state index contributed by atoms with van der Waals surface area (Å²) in [5, 5.41) is 0. The molecule has 0 aromatic carbocycles. The number of ether oxygens (including phenoxy) is 1. The minimum Gasteiger partial charge on any atom is -0.382 e. The van der Waals surface area contributed by atoms with E-state index in [2.05, 4.69) is 13.8 Å². The quantitative estimate of drug-likeness (QED) is 0.553. The summed E-state index contributed by atoms with van der Waals surface area (Å²) < 4.78 is 5.21. The Morgan fingerprint density at radius 3 is 2.20 bits per heavy atom. The van der Waals surface area contributed by atoms with Gasteiger partial charge in [-0.15, -0.1) is 0 Å². The van der Waals surface area contributed by atoms with E-state index in [-0.39, 0.29) is 5.91 Å². The van der Waals surface area contributed by atoms with Gasteiger partial charge < -0.3 is 9.64 Å². The number of rotatable bonds is 9. The fourth-order valence-electron chi connectivity index (χ4n) is 1.53. The lowest BCUT2D eigenvalue weighted by molar-refractivity contribution is -0.131. The first kappa shape index (κ1) is 14.4. The number of amides is 1. The van der Waals surface area contributed by atoms with Crippen molar-refractivity contribution in [2.75, 3.05) is 26.3 Å². The molecular weight excluding hydrogens is 190 g/mol. The maximum absolute atomic E-state index is 11.8. The van der Waals surface area contributed by atoms with Crippen molar-refractivity contribution in [2.24, 2.45) is 0 Å². The van der Waals surface area contributed by atoms with Crippen LogP contribution in [0.3, 0.4) is 0 Å². The second-order valence-corrected chi connectivity index (χ2v) is 3.68. The van der Waals surface area contributed by atoms with Crippen molar-refractivity contribution in [2.45, 2.75) is 46.5 Å². The van der Waals surface area contributed by atoms with Crippen molar-refractivity contribution in [1.29, 1.82) is 0 Å². The minimum atomic E-state index is 0.276. The molecule has 0 N–H and O–H groups in total. The van der Waals surface area contributed by atoms with E-state index in [1.54, 1.807) is 0 Å². The predicted molar refractivity (Wildman–Crippen MR) is 62.9 cm³/mol. The third-order valence-electron chi connectivity index (χ3n) is 2.22. The lowest BCUT2D eigenvalue weighted by Crippen LogP contribution is -2.32. The van der Waals surface area contributed by atoms with E-state index >= 15 is 0 Å². The molecular formula is C12H25NO2. The van der Waals surface area contributed by atoms with Gasteiger partial charge in [-0.2, -0.15) is 0 Å². The van der Waals surface area contributed by atoms with Gasteiger partial charge in [0, 0.05) is 32.7 Å². The molecule has 90 valence electrons. The zero-order valence-corrected chi connectivity index (χ0v) is 10.4. The maximum Gasteiger partial charge on any atom is 0.222 e. The van der Waals surface area contributed by atoms with Crippen molar-refractivity contribution in [3.8, 4) is 0 Å². The van der Waals surface area contributed by atoms with E-state index in [0.29, 0.717) is 13.0 Å². The average Bonchev–Trinajstić information content (AvgIpc) is 2.24. The van der Waals surface area contributed by atoms with E-state index < -0.39 is 0 Å². The lowest BCUT2D eigenvalue weighted by atomic mass is 10.2. The van der Waals surface area contributed by atoms with Gasteiger partial charge in [-0.3, -0.25) is 4.79 Å². The Morgan fingerprint density at radius 1 is 1.13 bits per heavy atom. The molecule has 1 amide bonds. The van der Waals surface area contributed by atoms with Crippen LogP contribution in [0.15, 0.2) is 0 Å². The van der Waals surface area contributed by atoms with Crippen LogP contribution in [-0.2, 0) is 9.53 Å². The second-order valence-electron chi connectivity index (χ2n) is 3.68. The van der Waals surface area contributed by atoms with Crippen LogP contribution in [-0.4, -0.2) is 37.1 Å². The molecule has 0 radical (unpaired) electrons. The van der Waals surface area contributed by atoms with Gasteiger partial charge in [0.1, 0.15) is 0 Å². The summed E-state index contributed by atoms with van der Waals surface area (Å²) in [6, 6.07) is 0. The molecule has 0 spiro atoms. The first-order chi connectivity index (χ1) is 7.26. The molecule has 0 aliphatic heterocycles. The van der Waals surface area contributed by atoms with E-state index in [1.165, 1.54) is 0 Å². The first-order valence-electron chi connectivity index (χ1n) is 6.11.